The van der Waals surface area contributed by atoms with Crippen molar-refractivity contribution in [1.82, 2.24) is 0 Å². The van der Waals surface area contributed by atoms with Gasteiger partial charge in [-0.05, 0) is 18.2 Å². The molecule has 0 heterocycles. The van der Waals surface area contributed by atoms with Crippen molar-refractivity contribution in [2.24, 2.45) is 0 Å². The van der Waals surface area contributed by atoms with Crippen molar-refractivity contribution in [1.29, 1.82) is 0 Å². The lowest BCUT2D eigenvalue weighted by Crippen LogP contribution is -2.21. The van der Waals surface area contributed by atoms with E-state index in [9.17, 15) is 4.79 Å². The maximum absolute atomic E-state index is 10.6. The second-order valence-electron chi connectivity index (χ2n) is 2.47. The lowest BCUT2D eigenvalue weighted by atomic mass is 10.1. The first kappa shape index (κ1) is 10.6. The lowest BCUT2D eigenvalue weighted by molar-refractivity contribution is 0.112. The molecule has 1 aromatic carbocycles. The molecule has 0 saturated heterocycles. The first-order valence-corrected chi connectivity index (χ1v) is 3.83. The summed E-state index contributed by atoms with van der Waals surface area (Å²) in [6.07, 6.45) is 0.542. The molecule has 1 aromatic rings. The normalized spacial score (nSPS) is 9.36. The Kier molecular flexibility index (Phi) is 3.50. The molecule has 1 rings (SSSR count). The largest absolute Gasteiger partial charge is 0.707 e. The van der Waals surface area contributed by atoms with Crippen LogP contribution in [-0.4, -0.2) is 30.8 Å². The van der Waals surface area contributed by atoms with Crippen LogP contribution >= 0.6 is 0 Å². The standard InChI is InChI=1S/C8H9BO5/c1-13-7-2-3-8(14-9(11)12)6(4-7)5-10/h2-5,11-12H,1H3. The van der Waals surface area contributed by atoms with Crippen LogP contribution in [0.4, 0.5) is 0 Å². The van der Waals surface area contributed by atoms with Gasteiger partial charge in [0.1, 0.15) is 11.5 Å². The average Bonchev–Trinajstić information content (AvgIpc) is 2.17. The molecule has 0 amide bonds. The van der Waals surface area contributed by atoms with Gasteiger partial charge in [-0.25, -0.2) is 0 Å². The van der Waals surface area contributed by atoms with Gasteiger partial charge in [-0.15, -0.1) is 0 Å². The Morgan fingerprint density at radius 1 is 1.43 bits per heavy atom. The summed E-state index contributed by atoms with van der Waals surface area (Å²) < 4.78 is 9.44. The lowest BCUT2D eigenvalue weighted by Gasteiger charge is -2.08. The molecular formula is C8H9BO5. The van der Waals surface area contributed by atoms with E-state index in [1.807, 2.05) is 0 Å². The van der Waals surface area contributed by atoms with Crippen molar-refractivity contribution in [3.05, 3.63) is 23.8 Å². The Hall–Kier alpha value is -1.53. The number of hydrogen-bond donors (Lipinski definition) is 2. The smallest absolute Gasteiger partial charge is 0.511 e. The first-order chi connectivity index (χ1) is 6.67. The average molecular weight is 196 g/mol. The molecule has 0 bridgehead atoms. The van der Waals surface area contributed by atoms with Crippen LogP contribution in [0.15, 0.2) is 18.2 Å². The molecule has 0 aliphatic heterocycles. The van der Waals surface area contributed by atoms with Crippen LogP contribution in [0.2, 0.25) is 0 Å². The molecule has 6 heteroatoms. The minimum absolute atomic E-state index is 0.0933. The molecule has 2 N–H and O–H groups in total. The highest BCUT2D eigenvalue weighted by Crippen LogP contribution is 2.22. The fraction of sp³-hybridized carbons (Fsp3) is 0.125. The predicted molar refractivity (Wildman–Crippen MR) is 49.2 cm³/mol. The summed E-state index contributed by atoms with van der Waals surface area (Å²) in [5.41, 5.74) is 0.192. The second kappa shape index (κ2) is 4.64. The van der Waals surface area contributed by atoms with Gasteiger partial charge >= 0.3 is 7.32 Å². The van der Waals surface area contributed by atoms with Crippen LogP contribution in [0, 0.1) is 0 Å². The van der Waals surface area contributed by atoms with Crippen molar-refractivity contribution >= 4 is 13.6 Å². The maximum atomic E-state index is 10.6. The molecule has 74 valence electrons. The topological polar surface area (TPSA) is 76.0 Å². The Bertz CT molecular complexity index is 326. The number of ether oxygens (including phenoxy) is 1. The van der Waals surface area contributed by atoms with E-state index in [-0.39, 0.29) is 11.3 Å². The molecule has 0 aromatic heterocycles. The molecule has 0 atom stereocenters. The molecule has 0 aliphatic rings. The Labute approximate surface area is 81.1 Å². The Balaban J connectivity index is 2.99. The van der Waals surface area contributed by atoms with Gasteiger partial charge in [-0.1, -0.05) is 0 Å². The molecule has 0 fully saturated rings. The molecule has 0 radical (unpaired) electrons. The van der Waals surface area contributed by atoms with Crippen LogP contribution in [0.1, 0.15) is 10.4 Å². The predicted octanol–water partition coefficient (Wildman–Crippen LogP) is -0.144. The summed E-state index contributed by atoms with van der Waals surface area (Å²) in [4.78, 5) is 10.6. The van der Waals surface area contributed by atoms with Gasteiger partial charge in [0.15, 0.2) is 6.29 Å². The summed E-state index contributed by atoms with van der Waals surface area (Å²) in [5.74, 6) is 0.586. The van der Waals surface area contributed by atoms with Crippen molar-refractivity contribution in [2.75, 3.05) is 7.11 Å². The third-order valence-electron chi connectivity index (χ3n) is 1.58. The van der Waals surface area contributed by atoms with E-state index in [1.54, 1.807) is 6.07 Å². The quantitative estimate of drug-likeness (QED) is 0.517. The molecule has 5 nitrogen and oxygen atoms in total. The van der Waals surface area contributed by atoms with E-state index in [0.717, 1.165) is 0 Å². The molecule has 0 aliphatic carbocycles. The number of methoxy groups -OCH3 is 1. The number of rotatable bonds is 4. The third kappa shape index (κ3) is 2.48. The molecule has 0 saturated carbocycles. The molecule has 0 spiro atoms. The van der Waals surface area contributed by atoms with Crippen molar-refractivity contribution < 1.29 is 24.2 Å². The SMILES string of the molecule is COc1ccc(OB(O)O)c(C=O)c1. The fourth-order valence-electron chi connectivity index (χ4n) is 0.967. The second-order valence-corrected chi connectivity index (χ2v) is 2.47. The van der Waals surface area contributed by atoms with E-state index in [4.69, 9.17) is 14.8 Å². The van der Waals surface area contributed by atoms with Crippen molar-refractivity contribution in [3.63, 3.8) is 0 Å². The van der Waals surface area contributed by atoms with E-state index in [0.29, 0.717) is 12.0 Å². The van der Waals surface area contributed by atoms with Gasteiger partial charge in [0, 0.05) is 0 Å². The number of benzene rings is 1. The van der Waals surface area contributed by atoms with Gasteiger partial charge in [0.25, 0.3) is 0 Å². The molecular weight excluding hydrogens is 187 g/mol. The summed E-state index contributed by atoms with van der Waals surface area (Å²) >= 11 is 0. The Morgan fingerprint density at radius 2 is 2.14 bits per heavy atom. The monoisotopic (exact) mass is 196 g/mol. The van der Waals surface area contributed by atoms with Gasteiger partial charge in [0.2, 0.25) is 0 Å². The zero-order valence-electron chi connectivity index (χ0n) is 7.51. The highest BCUT2D eigenvalue weighted by atomic mass is 16.6. The van der Waals surface area contributed by atoms with Crippen molar-refractivity contribution in [3.8, 4) is 11.5 Å². The van der Waals surface area contributed by atoms with Crippen LogP contribution in [0.5, 0.6) is 11.5 Å². The van der Waals surface area contributed by atoms with Gasteiger partial charge in [-0.3, -0.25) is 4.79 Å². The first-order valence-electron chi connectivity index (χ1n) is 3.83. The highest BCUT2D eigenvalue weighted by molar-refractivity contribution is 6.33. The van der Waals surface area contributed by atoms with Crippen LogP contribution < -0.4 is 9.39 Å². The van der Waals surface area contributed by atoms with Gasteiger partial charge in [0.05, 0.1) is 12.7 Å². The maximum Gasteiger partial charge on any atom is 0.707 e. The number of carbonyl (C=O) groups excluding carboxylic acids is 1. The number of carbonyl (C=O) groups is 1. The molecule has 0 unspecified atom stereocenters. The van der Waals surface area contributed by atoms with E-state index in [2.05, 4.69) is 4.65 Å². The van der Waals surface area contributed by atoms with Crippen molar-refractivity contribution in [2.45, 2.75) is 0 Å². The summed E-state index contributed by atoms with van der Waals surface area (Å²) in [5, 5.41) is 17.1. The summed E-state index contributed by atoms with van der Waals surface area (Å²) in [6, 6.07) is 4.40. The fourth-order valence-corrected chi connectivity index (χ4v) is 0.967. The van der Waals surface area contributed by atoms with Crippen LogP contribution in [-0.2, 0) is 0 Å². The summed E-state index contributed by atoms with van der Waals surface area (Å²) in [7, 11) is -0.479. The third-order valence-corrected chi connectivity index (χ3v) is 1.58. The van der Waals surface area contributed by atoms with Crippen LogP contribution in [0.3, 0.4) is 0 Å². The number of hydrogen-bond acceptors (Lipinski definition) is 5. The number of aldehydes is 1. The molecule has 14 heavy (non-hydrogen) atoms. The summed E-state index contributed by atoms with van der Waals surface area (Å²) in [6.45, 7) is 0. The minimum Gasteiger partial charge on any atom is -0.511 e. The van der Waals surface area contributed by atoms with E-state index < -0.39 is 7.32 Å². The van der Waals surface area contributed by atoms with Gasteiger partial charge in [-0.2, -0.15) is 0 Å². The van der Waals surface area contributed by atoms with Gasteiger partial charge < -0.3 is 19.4 Å². The minimum atomic E-state index is -1.94. The van der Waals surface area contributed by atoms with Crippen LogP contribution in [0.25, 0.3) is 0 Å². The Morgan fingerprint density at radius 3 is 2.64 bits per heavy atom. The van der Waals surface area contributed by atoms with E-state index >= 15 is 0 Å². The highest BCUT2D eigenvalue weighted by Gasteiger charge is 2.14. The van der Waals surface area contributed by atoms with E-state index in [1.165, 1.54) is 19.2 Å². The zero-order chi connectivity index (χ0) is 10.6. The zero-order valence-corrected chi connectivity index (χ0v) is 7.51.